The van der Waals surface area contributed by atoms with Crippen LogP contribution in [0.4, 0.5) is 0 Å². The molecule has 0 aliphatic heterocycles. The van der Waals surface area contributed by atoms with E-state index in [1.165, 1.54) is 6.07 Å². The van der Waals surface area contributed by atoms with Crippen molar-refractivity contribution in [2.24, 2.45) is 0 Å². The van der Waals surface area contributed by atoms with Gasteiger partial charge in [-0.2, -0.15) is 0 Å². The highest BCUT2D eigenvalue weighted by Gasteiger charge is 2.20. The molecule has 15 heavy (non-hydrogen) atoms. The lowest BCUT2D eigenvalue weighted by molar-refractivity contribution is 0.0692. The number of benzene rings is 1. The Morgan fingerprint density at radius 2 is 1.80 bits per heavy atom. The summed E-state index contributed by atoms with van der Waals surface area (Å²) in [6.45, 7) is 1.63. The number of hydrogen-bond donors (Lipinski definition) is 3. The molecule has 5 nitrogen and oxygen atoms in total. The van der Waals surface area contributed by atoms with Crippen molar-refractivity contribution in [3.05, 3.63) is 28.8 Å². The van der Waals surface area contributed by atoms with E-state index in [0.29, 0.717) is 0 Å². The maximum absolute atomic E-state index is 10.8. The molecule has 0 bridgehead atoms. The molecule has 0 heterocycles. The number of carboxylic acid groups (broad SMARTS) is 2. The highest BCUT2D eigenvalue weighted by molar-refractivity contribution is 5.98. The zero-order valence-corrected chi connectivity index (χ0v) is 8.02. The summed E-state index contributed by atoms with van der Waals surface area (Å²) in [5, 5.41) is 27.0. The zero-order chi connectivity index (χ0) is 11.6. The lowest BCUT2D eigenvalue weighted by atomic mass is 9.98. The SMILES string of the molecule is CCc1c(C(=O)O)ccc(O)c1C(=O)O. The van der Waals surface area contributed by atoms with E-state index in [1.807, 2.05) is 0 Å². The molecule has 1 aromatic rings. The molecule has 1 rings (SSSR count). The van der Waals surface area contributed by atoms with Crippen molar-refractivity contribution >= 4 is 11.9 Å². The largest absolute Gasteiger partial charge is 0.507 e. The van der Waals surface area contributed by atoms with Crippen molar-refractivity contribution < 1.29 is 24.9 Å². The Labute approximate surface area is 85.6 Å². The van der Waals surface area contributed by atoms with Crippen LogP contribution in [0.15, 0.2) is 12.1 Å². The normalized spacial score (nSPS) is 9.93. The third kappa shape index (κ3) is 1.90. The van der Waals surface area contributed by atoms with Crippen LogP contribution in [-0.4, -0.2) is 27.3 Å². The molecule has 0 aliphatic rings. The van der Waals surface area contributed by atoms with Crippen LogP contribution in [0.3, 0.4) is 0 Å². The third-order valence-electron chi connectivity index (χ3n) is 2.09. The van der Waals surface area contributed by atoms with Crippen molar-refractivity contribution in [2.45, 2.75) is 13.3 Å². The molecule has 0 saturated heterocycles. The van der Waals surface area contributed by atoms with Gasteiger partial charge in [-0.15, -0.1) is 0 Å². The lowest BCUT2D eigenvalue weighted by Crippen LogP contribution is -2.09. The average Bonchev–Trinajstić information content (AvgIpc) is 2.15. The summed E-state index contributed by atoms with van der Waals surface area (Å²) in [5.74, 6) is -2.94. The summed E-state index contributed by atoms with van der Waals surface area (Å²) in [5.41, 5.74) is -0.292. The highest BCUT2D eigenvalue weighted by Crippen LogP contribution is 2.25. The first-order chi connectivity index (χ1) is 6.99. The molecule has 0 aromatic heterocycles. The summed E-state index contributed by atoms with van der Waals surface area (Å²) in [6.07, 6.45) is 0.234. The monoisotopic (exact) mass is 210 g/mol. The van der Waals surface area contributed by atoms with Crippen molar-refractivity contribution in [3.8, 4) is 5.75 Å². The predicted octanol–water partition coefficient (Wildman–Crippen LogP) is 1.35. The number of phenols is 1. The molecule has 0 aliphatic carbocycles. The standard InChI is InChI=1S/C10H10O5/c1-2-5-6(9(12)13)3-4-7(11)8(5)10(14)15/h3-4,11H,2H2,1H3,(H,12,13)(H,14,15). The van der Waals surface area contributed by atoms with E-state index in [9.17, 15) is 14.7 Å². The van der Waals surface area contributed by atoms with E-state index < -0.39 is 17.7 Å². The van der Waals surface area contributed by atoms with Crippen LogP contribution in [0.1, 0.15) is 33.2 Å². The van der Waals surface area contributed by atoms with Crippen molar-refractivity contribution in [3.63, 3.8) is 0 Å². The summed E-state index contributed by atoms with van der Waals surface area (Å²) < 4.78 is 0. The Balaban J connectivity index is 3.54. The highest BCUT2D eigenvalue weighted by atomic mass is 16.4. The average molecular weight is 210 g/mol. The van der Waals surface area contributed by atoms with Gasteiger partial charge in [-0.1, -0.05) is 6.92 Å². The molecule has 0 saturated carbocycles. The van der Waals surface area contributed by atoms with Gasteiger partial charge in [0.05, 0.1) is 5.56 Å². The second kappa shape index (κ2) is 4.00. The Hall–Kier alpha value is -2.04. The Kier molecular flexibility index (Phi) is 2.94. The molecule has 5 heteroatoms. The van der Waals surface area contributed by atoms with Crippen LogP contribution < -0.4 is 0 Å². The van der Waals surface area contributed by atoms with Gasteiger partial charge in [-0.05, 0) is 24.1 Å². The number of hydrogen-bond acceptors (Lipinski definition) is 3. The molecule has 0 fully saturated rings. The Morgan fingerprint density at radius 1 is 1.20 bits per heavy atom. The molecule has 80 valence electrons. The van der Waals surface area contributed by atoms with Crippen molar-refractivity contribution in [1.82, 2.24) is 0 Å². The van der Waals surface area contributed by atoms with Crippen molar-refractivity contribution in [2.75, 3.05) is 0 Å². The second-order valence-electron chi connectivity index (χ2n) is 2.95. The minimum Gasteiger partial charge on any atom is -0.507 e. The molecular formula is C10H10O5. The molecule has 0 unspecified atom stereocenters. The smallest absolute Gasteiger partial charge is 0.339 e. The maximum atomic E-state index is 10.8. The molecule has 1 aromatic carbocycles. The van der Waals surface area contributed by atoms with Gasteiger partial charge in [0.2, 0.25) is 0 Å². The minimum atomic E-state index is -1.33. The Morgan fingerprint density at radius 3 is 2.20 bits per heavy atom. The van der Waals surface area contributed by atoms with Crippen molar-refractivity contribution in [1.29, 1.82) is 0 Å². The van der Waals surface area contributed by atoms with Gasteiger partial charge < -0.3 is 15.3 Å². The van der Waals surface area contributed by atoms with E-state index in [-0.39, 0.29) is 23.1 Å². The van der Waals surface area contributed by atoms with Crippen LogP contribution >= 0.6 is 0 Å². The van der Waals surface area contributed by atoms with E-state index in [4.69, 9.17) is 10.2 Å². The van der Waals surface area contributed by atoms with Gasteiger partial charge in [0, 0.05) is 0 Å². The zero-order valence-electron chi connectivity index (χ0n) is 8.02. The van der Waals surface area contributed by atoms with Crippen LogP contribution in [0.2, 0.25) is 0 Å². The summed E-state index contributed by atoms with van der Waals surface area (Å²) in [6, 6.07) is 2.27. The fourth-order valence-electron chi connectivity index (χ4n) is 1.44. The van der Waals surface area contributed by atoms with E-state index in [2.05, 4.69) is 0 Å². The van der Waals surface area contributed by atoms with Gasteiger partial charge in [-0.25, -0.2) is 9.59 Å². The van der Waals surface area contributed by atoms with Crippen LogP contribution in [-0.2, 0) is 6.42 Å². The Bertz CT molecular complexity index is 422. The minimum absolute atomic E-state index is 0.0901. The first-order valence-electron chi connectivity index (χ1n) is 4.30. The third-order valence-corrected chi connectivity index (χ3v) is 2.09. The summed E-state index contributed by atoms with van der Waals surface area (Å²) >= 11 is 0. The van der Waals surface area contributed by atoms with Gasteiger partial charge in [0.15, 0.2) is 0 Å². The summed E-state index contributed by atoms with van der Waals surface area (Å²) in [7, 11) is 0. The molecule has 0 spiro atoms. The first kappa shape index (κ1) is 11.0. The van der Waals surface area contributed by atoms with Gasteiger partial charge in [-0.3, -0.25) is 0 Å². The quantitative estimate of drug-likeness (QED) is 0.699. The number of aromatic carboxylic acids is 2. The van der Waals surface area contributed by atoms with Gasteiger partial charge in [0.25, 0.3) is 0 Å². The van der Waals surface area contributed by atoms with Gasteiger partial charge >= 0.3 is 11.9 Å². The number of carbonyl (C=O) groups is 2. The van der Waals surface area contributed by atoms with Gasteiger partial charge in [0.1, 0.15) is 11.3 Å². The maximum Gasteiger partial charge on any atom is 0.339 e. The molecule has 0 atom stereocenters. The predicted molar refractivity (Wildman–Crippen MR) is 51.4 cm³/mol. The number of rotatable bonds is 3. The molecular weight excluding hydrogens is 200 g/mol. The second-order valence-corrected chi connectivity index (χ2v) is 2.95. The van der Waals surface area contributed by atoms with E-state index in [1.54, 1.807) is 6.92 Å². The number of carboxylic acids is 2. The molecule has 3 N–H and O–H groups in total. The van der Waals surface area contributed by atoms with E-state index in [0.717, 1.165) is 6.07 Å². The summed E-state index contributed by atoms with van der Waals surface area (Å²) in [4.78, 5) is 21.6. The molecule has 0 radical (unpaired) electrons. The first-order valence-corrected chi connectivity index (χ1v) is 4.30. The lowest BCUT2D eigenvalue weighted by Gasteiger charge is -2.09. The van der Waals surface area contributed by atoms with Crippen LogP contribution in [0, 0.1) is 0 Å². The fourth-order valence-corrected chi connectivity index (χ4v) is 1.44. The fraction of sp³-hybridized carbons (Fsp3) is 0.200. The van der Waals surface area contributed by atoms with E-state index >= 15 is 0 Å². The van der Waals surface area contributed by atoms with Crippen LogP contribution in [0.5, 0.6) is 5.75 Å². The number of aromatic hydroxyl groups is 1. The van der Waals surface area contributed by atoms with Crippen LogP contribution in [0.25, 0.3) is 0 Å². The topological polar surface area (TPSA) is 94.8 Å². The molecule has 0 amide bonds.